The van der Waals surface area contributed by atoms with E-state index in [2.05, 4.69) is 0 Å². The quantitative estimate of drug-likeness (QED) is 0.426. The van der Waals surface area contributed by atoms with Gasteiger partial charge in [-0.1, -0.05) is 23.2 Å². The van der Waals surface area contributed by atoms with Gasteiger partial charge in [0, 0.05) is 10.8 Å². The summed E-state index contributed by atoms with van der Waals surface area (Å²) in [5, 5.41) is 1.21. The molecule has 0 spiro atoms. The molecule has 0 radical (unpaired) electrons. The minimum atomic E-state index is 0.600. The van der Waals surface area contributed by atoms with Crippen molar-refractivity contribution in [3.63, 3.8) is 0 Å². The molecule has 0 saturated heterocycles. The van der Waals surface area contributed by atoms with Crippen LogP contribution in [-0.4, -0.2) is 11.6 Å². The van der Waals surface area contributed by atoms with Crippen LogP contribution in [0.25, 0.3) is 0 Å². The minimum Gasteiger partial charge on any atom is -0.127 e. The van der Waals surface area contributed by atoms with Crippen LogP contribution in [0, 0.1) is 0 Å². The van der Waals surface area contributed by atoms with Crippen molar-refractivity contribution in [1.29, 1.82) is 0 Å². The van der Waals surface area contributed by atoms with Gasteiger partial charge >= 0.3 is 0 Å². The van der Waals surface area contributed by atoms with Crippen molar-refractivity contribution in [2.45, 2.75) is 11.3 Å². The first kappa shape index (κ1) is 11.5. The van der Waals surface area contributed by atoms with Crippen molar-refractivity contribution in [3.05, 3.63) is 28.2 Å². The van der Waals surface area contributed by atoms with Gasteiger partial charge in [-0.3, -0.25) is 0 Å². The molecule has 1 aromatic carbocycles. The van der Waals surface area contributed by atoms with Gasteiger partial charge in [0.05, 0.1) is 10.0 Å². The highest BCUT2D eigenvalue weighted by molar-refractivity contribution is 7.99. The highest BCUT2D eigenvalue weighted by atomic mass is 35.5. The molecule has 0 unspecified atom stereocenters. The van der Waals surface area contributed by atoms with Crippen molar-refractivity contribution in [2.75, 3.05) is 11.6 Å². The maximum Gasteiger partial charge on any atom is 0.0603 e. The molecule has 0 aliphatic rings. The lowest BCUT2D eigenvalue weighted by atomic mass is 10.4. The van der Waals surface area contributed by atoms with Crippen molar-refractivity contribution in [2.24, 2.45) is 0 Å². The molecule has 1 aromatic rings. The zero-order chi connectivity index (χ0) is 9.68. The summed E-state index contributed by atoms with van der Waals surface area (Å²) >= 11 is 18.9. The molecule has 0 bridgehead atoms. The Morgan fingerprint density at radius 3 is 2.54 bits per heavy atom. The molecule has 0 saturated carbocycles. The first-order valence-electron chi connectivity index (χ1n) is 3.88. The highest BCUT2D eigenvalue weighted by Crippen LogP contribution is 2.28. The fourth-order valence-electron chi connectivity index (χ4n) is 0.811. The van der Waals surface area contributed by atoms with Crippen molar-refractivity contribution >= 4 is 46.6 Å². The van der Waals surface area contributed by atoms with Crippen molar-refractivity contribution in [3.8, 4) is 0 Å². The fraction of sp³-hybridized carbons (Fsp3) is 0.333. The van der Waals surface area contributed by atoms with Crippen molar-refractivity contribution in [1.82, 2.24) is 0 Å². The van der Waals surface area contributed by atoms with Crippen LogP contribution in [0.15, 0.2) is 23.1 Å². The van der Waals surface area contributed by atoms with Gasteiger partial charge in [-0.05, 0) is 30.4 Å². The highest BCUT2D eigenvalue weighted by Gasteiger charge is 1.99. The van der Waals surface area contributed by atoms with Gasteiger partial charge < -0.3 is 0 Å². The van der Waals surface area contributed by atoms with Crippen LogP contribution >= 0.6 is 46.6 Å². The lowest BCUT2D eigenvalue weighted by Gasteiger charge is -2.01. The molecule has 0 aromatic heterocycles. The predicted molar refractivity (Wildman–Crippen MR) is 62.5 cm³/mol. The summed E-state index contributed by atoms with van der Waals surface area (Å²) in [6.45, 7) is 0. The van der Waals surface area contributed by atoms with Crippen LogP contribution in [0.5, 0.6) is 0 Å². The number of hydrogen-bond donors (Lipinski definition) is 0. The number of hydrogen-bond acceptors (Lipinski definition) is 1. The maximum atomic E-state index is 5.86. The molecule has 0 aliphatic carbocycles. The predicted octanol–water partition coefficient (Wildman–Crippen LogP) is 4.71. The van der Waals surface area contributed by atoms with E-state index >= 15 is 0 Å². The molecule has 0 nitrogen and oxygen atoms in total. The molecule has 0 N–H and O–H groups in total. The summed E-state index contributed by atoms with van der Waals surface area (Å²) in [5.74, 6) is 1.72. The fourth-order valence-corrected chi connectivity index (χ4v) is 2.36. The number of alkyl halides is 1. The van der Waals surface area contributed by atoms with Crippen LogP contribution in [-0.2, 0) is 0 Å². The van der Waals surface area contributed by atoms with E-state index in [9.17, 15) is 0 Å². The van der Waals surface area contributed by atoms with E-state index in [1.54, 1.807) is 11.8 Å². The Labute approximate surface area is 97.6 Å². The van der Waals surface area contributed by atoms with Gasteiger partial charge in [-0.25, -0.2) is 0 Å². The van der Waals surface area contributed by atoms with Crippen LogP contribution < -0.4 is 0 Å². The van der Waals surface area contributed by atoms with Crippen LogP contribution in [0.1, 0.15) is 6.42 Å². The van der Waals surface area contributed by atoms with Gasteiger partial charge in [0.25, 0.3) is 0 Å². The normalized spacial score (nSPS) is 10.4. The molecule has 0 atom stereocenters. The zero-order valence-electron chi connectivity index (χ0n) is 6.90. The Morgan fingerprint density at radius 1 is 1.15 bits per heavy atom. The Bertz CT molecular complexity index is 276. The number of rotatable bonds is 4. The third kappa shape index (κ3) is 3.99. The Morgan fingerprint density at radius 2 is 1.92 bits per heavy atom. The molecule has 13 heavy (non-hydrogen) atoms. The summed E-state index contributed by atoms with van der Waals surface area (Å²) in [5.41, 5.74) is 0. The maximum absolute atomic E-state index is 5.86. The first-order chi connectivity index (χ1) is 6.24. The van der Waals surface area contributed by atoms with E-state index in [1.165, 1.54) is 0 Å². The standard InChI is InChI=1S/C9H9Cl3S/c10-4-1-5-13-7-2-3-8(11)9(12)6-7/h2-3,6H,1,4-5H2. The van der Waals surface area contributed by atoms with Gasteiger partial charge in [-0.2, -0.15) is 0 Å². The zero-order valence-corrected chi connectivity index (χ0v) is 9.98. The van der Waals surface area contributed by atoms with E-state index in [-0.39, 0.29) is 0 Å². The smallest absolute Gasteiger partial charge is 0.0603 e. The van der Waals surface area contributed by atoms with E-state index in [0.717, 1.165) is 17.1 Å². The van der Waals surface area contributed by atoms with Crippen LogP contribution in [0.2, 0.25) is 10.0 Å². The largest absolute Gasteiger partial charge is 0.127 e. The van der Waals surface area contributed by atoms with E-state index in [4.69, 9.17) is 34.8 Å². The SMILES string of the molecule is ClCCCSc1ccc(Cl)c(Cl)c1. The van der Waals surface area contributed by atoms with Crippen LogP contribution in [0.3, 0.4) is 0 Å². The summed E-state index contributed by atoms with van der Waals surface area (Å²) < 4.78 is 0. The Kier molecular flexibility index (Phi) is 5.34. The molecule has 1 rings (SSSR count). The van der Waals surface area contributed by atoms with E-state index < -0.39 is 0 Å². The summed E-state index contributed by atoms with van der Waals surface area (Å²) in [7, 11) is 0. The average molecular weight is 256 g/mol. The van der Waals surface area contributed by atoms with Gasteiger partial charge in [-0.15, -0.1) is 23.4 Å². The molecule has 0 fully saturated rings. The van der Waals surface area contributed by atoms with Gasteiger partial charge in [0.2, 0.25) is 0 Å². The molecule has 72 valence electrons. The van der Waals surface area contributed by atoms with E-state index in [1.807, 2.05) is 18.2 Å². The monoisotopic (exact) mass is 254 g/mol. The number of thioether (sulfide) groups is 1. The molecular weight excluding hydrogens is 247 g/mol. The van der Waals surface area contributed by atoms with Crippen LogP contribution in [0.4, 0.5) is 0 Å². The average Bonchev–Trinajstić information content (AvgIpc) is 2.12. The minimum absolute atomic E-state index is 0.600. The lowest BCUT2D eigenvalue weighted by molar-refractivity contribution is 1.11. The molecular formula is C9H9Cl3S. The lowest BCUT2D eigenvalue weighted by Crippen LogP contribution is -1.81. The second kappa shape index (κ2) is 6.02. The second-order valence-corrected chi connectivity index (χ2v) is 4.83. The molecule has 0 aliphatic heterocycles. The van der Waals surface area contributed by atoms with E-state index in [0.29, 0.717) is 15.9 Å². The third-order valence-electron chi connectivity index (χ3n) is 1.44. The van der Waals surface area contributed by atoms with Gasteiger partial charge in [0.1, 0.15) is 0 Å². The Balaban J connectivity index is 2.53. The number of halogens is 3. The molecule has 0 amide bonds. The topological polar surface area (TPSA) is 0 Å². The third-order valence-corrected chi connectivity index (χ3v) is 3.52. The molecule has 0 heterocycles. The van der Waals surface area contributed by atoms with Crippen molar-refractivity contribution < 1.29 is 0 Å². The summed E-state index contributed by atoms with van der Waals surface area (Å²) in [6.07, 6.45) is 1.01. The van der Waals surface area contributed by atoms with Gasteiger partial charge in [0.15, 0.2) is 0 Å². The first-order valence-corrected chi connectivity index (χ1v) is 6.15. The summed E-state index contributed by atoms with van der Waals surface area (Å²) in [4.78, 5) is 1.14. The summed E-state index contributed by atoms with van der Waals surface area (Å²) in [6, 6.07) is 5.66. The Hall–Kier alpha value is 0.440. The molecule has 4 heteroatoms. The number of benzene rings is 1. The second-order valence-electron chi connectivity index (χ2n) is 2.47.